The Kier molecular flexibility index (Phi) is 1.54. The molecule has 3 heteroatoms. The summed E-state index contributed by atoms with van der Waals surface area (Å²) >= 11 is 0. The fraction of sp³-hybridized carbons (Fsp3) is 1.00. The Balaban J connectivity index is 2.43. The first-order valence-electron chi connectivity index (χ1n) is 4.89. The maximum atomic E-state index is 13.2. The zero-order chi connectivity index (χ0) is 10.1. The summed E-state index contributed by atoms with van der Waals surface area (Å²) in [4.78, 5) is 1.82. The highest BCUT2D eigenvalue weighted by Gasteiger charge is 2.26. The molecule has 1 heterocycles. The van der Waals surface area contributed by atoms with Gasteiger partial charge in [0.1, 0.15) is 6.17 Å². The Morgan fingerprint density at radius 2 is 2.60 bits per heavy atom. The van der Waals surface area contributed by atoms with Gasteiger partial charge in [-0.05, 0) is 13.5 Å². The van der Waals surface area contributed by atoms with E-state index in [-0.39, 0.29) is 6.54 Å². The van der Waals surface area contributed by atoms with E-state index in [2.05, 4.69) is 4.74 Å². The Hall–Kier alpha value is -0.150. The zero-order valence-corrected chi connectivity index (χ0v) is 6.01. The second kappa shape index (κ2) is 3.30. The fourth-order valence-corrected chi connectivity index (χ4v) is 1.17. The third-order valence-electron chi connectivity index (χ3n) is 1.84. The van der Waals surface area contributed by atoms with E-state index in [4.69, 9.17) is 4.11 Å². The molecule has 0 saturated carbocycles. The Labute approximate surface area is 65.2 Å². The highest BCUT2D eigenvalue weighted by molar-refractivity contribution is 4.78. The molecule has 10 heavy (non-hydrogen) atoms. The predicted octanol–water partition coefficient (Wildman–Crippen LogP) is 0.675. The zero-order valence-electron chi connectivity index (χ0n) is 9.01. The second-order valence-electron chi connectivity index (χ2n) is 2.72. The van der Waals surface area contributed by atoms with Crippen LogP contribution < -0.4 is 0 Å². The van der Waals surface area contributed by atoms with E-state index in [0.29, 0.717) is 13.0 Å². The smallest absolute Gasteiger partial charge is 0.139 e. The Morgan fingerprint density at radius 3 is 3.20 bits per heavy atom. The van der Waals surface area contributed by atoms with Crippen molar-refractivity contribution in [1.29, 1.82) is 0 Å². The molecule has 0 aromatic heterocycles. The number of halogens is 1. The van der Waals surface area contributed by atoms with Gasteiger partial charge >= 0.3 is 0 Å². The third-order valence-corrected chi connectivity index (χ3v) is 1.84. The summed E-state index contributed by atoms with van der Waals surface area (Å²) in [5.41, 5.74) is 0. The van der Waals surface area contributed by atoms with Gasteiger partial charge < -0.3 is 9.64 Å². The van der Waals surface area contributed by atoms with Gasteiger partial charge in [-0.1, -0.05) is 0 Å². The molecule has 0 radical (unpaired) electrons. The van der Waals surface area contributed by atoms with Crippen LogP contribution in [-0.4, -0.2) is 44.4 Å². The van der Waals surface area contributed by atoms with Crippen molar-refractivity contribution < 1.29 is 13.2 Å². The molecule has 1 rings (SSSR count). The quantitative estimate of drug-likeness (QED) is 0.545. The number of rotatable bonds is 1. The molecule has 2 atom stereocenters. The summed E-state index contributed by atoms with van der Waals surface area (Å²) in [7, 11) is -0.678. The van der Waals surface area contributed by atoms with E-state index in [1.165, 1.54) is 0 Å². The monoisotopic (exact) mass is 150 g/mol. The molecule has 2 unspecified atom stereocenters. The molecular weight excluding hydrogens is 133 g/mol. The lowest BCUT2D eigenvalue weighted by Gasteiger charge is -2.30. The molecule has 0 N–H and O–H groups in total. The van der Waals surface area contributed by atoms with Crippen LogP contribution >= 0.6 is 0 Å². The van der Waals surface area contributed by atoms with Gasteiger partial charge in [-0.3, -0.25) is 0 Å². The average Bonchev–Trinajstić information content (AvgIpc) is 1.93. The minimum Gasteiger partial charge on any atom is -0.378 e. The van der Waals surface area contributed by atoms with Crippen molar-refractivity contribution >= 4 is 0 Å². The minimum atomic E-state index is -2.48. The topological polar surface area (TPSA) is 12.5 Å². The van der Waals surface area contributed by atoms with Crippen molar-refractivity contribution in [3.63, 3.8) is 0 Å². The van der Waals surface area contributed by atoms with Crippen LogP contribution in [0.5, 0.6) is 0 Å². The maximum Gasteiger partial charge on any atom is 0.139 e. The van der Waals surface area contributed by atoms with Crippen molar-refractivity contribution in [1.82, 2.24) is 4.90 Å². The molecule has 1 aliphatic rings. The lowest BCUT2D eigenvalue weighted by molar-refractivity contribution is -0.0158. The van der Waals surface area contributed by atoms with Gasteiger partial charge in [-0.15, -0.1) is 0 Å². The van der Waals surface area contributed by atoms with Gasteiger partial charge in [0, 0.05) is 20.1 Å². The number of methoxy groups -OCH3 is 1. The molecule has 60 valence electrons. The molecule has 0 aliphatic carbocycles. The number of likely N-dealkylation sites (tertiary alicyclic amines) is 1. The summed E-state index contributed by atoms with van der Waals surface area (Å²) in [6, 6.07) is 0. The van der Waals surface area contributed by atoms with E-state index >= 15 is 0 Å². The highest BCUT2D eigenvalue weighted by Crippen LogP contribution is 2.14. The lowest BCUT2D eigenvalue weighted by Crippen LogP contribution is -2.43. The summed E-state index contributed by atoms with van der Waals surface area (Å²) < 4.78 is 38.4. The summed E-state index contributed by atoms with van der Waals surface area (Å²) in [6.07, 6.45) is -1.53. The summed E-state index contributed by atoms with van der Waals surface area (Å²) in [6.45, 7) is 0.932. The van der Waals surface area contributed by atoms with Crippen LogP contribution in [0.4, 0.5) is 4.39 Å². The molecule has 1 saturated heterocycles. The number of hydrogen-bond donors (Lipinski definition) is 0. The van der Waals surface area contributed by atoms with Crippen molar-refractivity contribution in [2.75, 3.05) is 27.2 Å². The van der Waals surface area contributed by atoms with Gasteiger partial charge in [-0.2, -0.15) is 0 Å². The largest absolute Gasteiger partial charge is 0.378 e. The summed E-state index contributed by atoms with van der Waals surface area (Å²) in [5.74, 6) is 0. The first-order valence-corrected chi connectivity index (χ1v) is 3.39. The molecule has 0 bridgehead atoms. The molecule has 2 nitrogen and oxygen atoms in total. The van der Waals surface area contributed by atoms with Crippen LogP contribution in [0.15, 0.2) is 0 Å². The van der Waals surface area contributed by atoms with E-state index in [0.717, 1.165) is 0 Å². The van der Waals surface area contributed by atoms with Crippen LogP contribution in [0.25, 0.3) is 0 Å². The van der Waals surface area contributed by atoms with Crippen molar-refractivity contribution in [3.8, 4) is 0 Å². The number of nitrogens with zero attached hydrogens (tertiary/aromatic N) is 1. The average molecular weight is 150 g/mol. The van der Waals surface area contributed by atoms with E-state index in [1.807, 2.05) is 4.90 Å². The molecule has 1 fully saturated rings. The highest BCUT2D eigenvalue weighted by atomic mass is 19.1. The van der Waals surface area contributed by atoms with Gasteiger partial charge in [0.05, 0.1) is 10.2 Å². The normalized spacial score (nSPS) is 42.0. The molecule has 0 amide bonds. The van der Waals surface area contributed by atoms with Crippen molar-refractivity contribution in [2.24, 2.45) is 0 Å². The van der Waals surface area contributed by atoms with Crippen LogP contribution in [0.3, 0.4) is 0 Å². The lowest BCUT2D eigenvalue weighted by atomic mass is 10.1. The molecule has 0 aromatic carbocycles. The van der Waals surface area contributed by atoms with Crippen LogP contribution in [0, 0.1) is 0 Å². The standard InChI is InChI=1S/C7H14FNO/c1-9-4-3-7(10-2)6(8)5-9/h6-7H,3-5H2,1-2H3/i2D3. The minimum absolute atomic E-state index is 0.251. The maximum absolute atomic E-state index is 13.2. The first-order chi connectivity index (χ1) is 5.88. The first kappa shape index (κ1) is 4.67. The second-order valence-corrected chi connectivity index (χ2v) is 2.72. The van der Waals surface area contributed by atoms with Crippen LogP contribution in [-0.2, 0) is 4.74 Å². The van der Waals surface area contributed by atoms with E-state index < -0.39 is 19.3 Å². The molecular formula is C7H14FNO. The van der Waals surface area contributed by atoms with Crippen LogP contribution in [0.2, 0.25) is 0 Å². The summed E-state index contributed by atoms with van der Waals surface area (Å²) in [5, 5.41) is 0. The van der Waals surface area contributed by atoms with Crippen LogP contribution in [0.1, 0.15) is 10.5 Å². The molecule has 1 aliphatic heterocycles. The Morgan fingerprint density at radius 1 is 1.80 bits per heavy atom. The van der Waals surface area contributed by atoms with E-state index in [9.17, 15) is 4.39 Å². The van der Waals surface area contributed by atoms with Crippen molar-refractivity contribution in [2.45, 2.75) is 18.7 Å². The van der Waals surface area contributed by atoms with Gasteiger partial charge in [-0.25, -0.2) is 4.39 Å². The third kappa shape index (κ3) is 1.67. The number of piperidine rings is 1. The van der Waals surface area contributed by atoms with E-state index in [1.54, 1.807) is 7.05 Å². The fourth-order valence-electron chi connectivity index (χ4n) is 1.17. The van der Waals surface area contributed by atoms with Crippen molar-refractivity contribution in [3.05, 3.63) is 0 Å². The Bertz CT molecular complexity index is 176. The molecule has 0 aromatic rings. The van der Waals surface area contributed by atoms with Gasteiger partial charge in [0.25, 0.3) is 0 Å². The molecule has 0 spiro atoms. The van der Waals surface area contributed by atoms with Gasteiger partial charge in [0.2, 0.25) is 0 Å². The number of ether oxygens (including phenoxy) is 1. The number of hydrogen-bond acceptors (Lipinski definition) is 2. The SMILES string of the molecule is [2H]C([2H])([2H])OC1CCN(C)CC1F. The predicted molar refractivity (Wildman–Crippen MR) is 37.8 cm³/mol. The van der Waals surface area contributed by atoms with Gasteiger partial charge in [0.15, 0.2) is 0 Å². The number of alkyl halides is 1.